The first-order valence-corrected chi connectivity index (χ1v) is 5.41. The smallest absolute Gasteiger partial charge is 0.116 e. The highest BCUT2D eigenvalue weighted by Crippen LogP contribution is 2.27. The van der Waals surface area contributed by atoms with E-state index in [4.69, 9.17) is 5.84 Å². The summed E-state index contributed by atoms with van der Waals surface area (Å²) in [6.07, 6.45) is 3.61. The zero-order valence-corrected chi connectivity index (χ0v) is 10.7. The van der Waals surface area contributed by atoms with E-state index in [0.29, 0.717) is 5.92 Å². The van der Waals surface area contributed by atoms with Crippen molar-refractivity contribution in [2.24, 2.45) is 5.84 Å². The quantitative estimate of drug-likeness (QED) is 0.627. The molecule has 0 aliphatic heterocycles. The normalized spacial score (nSPS) is 10.4. The molecule has 0 saturated heterocycles. The fourth-order valence-corrected chi connectivity index (χ4v) is 1.57. The first kappa shape index (κ1) is 12.6. The lowest BCUT2D eigenvalue weighted by molar-refractivity contribution is 0.797. The van der Waals surface area contributed by atoms with Crippen molar-refractivity contribution in [1.29, 1.82) is 0 Å². The van der Waals surface area contributed by atoms with Crippen molar-refractivity contribution in [2.45, 2.75) is 33.6 Å². The highest BCUT2D eigenvalue weighted by Gasteiger charge is 2.14. The first-order chi connectivity index (χ1) is 7.43. The molecule has 0 unspecified atom stereocenters. The molecule has 0 aromatic carbocycles. The van der Waals surface area contributed by atoms with Crippen molar-refractivity contribution < 1.29 is 0 Å². The highest BCUT2D eigenvalue weighted by atomic mass is 15.4. The van der Waals surface area contributed by atoms with E-state index in [-0.39, 0.29) is 0 Å². The van der Waals surface area contributed by atoms with E-state index in [1.807, 2.05) is 27.0 Å². The molecule has 1 aromatic rings. The maximum Gasteiger partial charge on any atom is 0.116 e. The van der Waals surface area contributed by atoms with Gasteiger partial charge in [-0.2, -0.15) is 0 Å². The second kappa shape index (κ2) is 5.07. The van der Waals surface area contributed by atoms with Crippen LogP contribution in [-0.4, -0.2) is 17.0 Å². The van der Waals surface area contributed by atoms with Crippen molar-refractivity contribution in [3.05, 3.63) is 23.3 Å². The molecule has 2 N–H and O–H groups in total. The fourth-order valence-electron chi connectivity index (χ4n) is 1.57. The number of aromatic nitrogens is 2. The molecule has 0 saturated carbocycles. The van der Waals surface area contributed by atoms with E-state index < -0.39 is 0 Å². The lowest BCUT2D eigenvalue weighted by Gasteiger charge is -2.20. The van der Waals surface area contributed by atoms with E-state index in [1.54, 1.807) is 11.3 Å². The predicted molar refractivity (Wildman–Crippen MR) is 68.0 cm³/mol. The number of hydrogen-bond donors (Lipinski definition) is 1. The van der Waals surface area contributed by atoms with Gasteiger partial charge in [0, 0.05) is 7.05 Å². The van der Waals surface area contributed by atoms with Gasteiger partial charge in [-0.3, -0.25) is 0 Å². The monoisotopic (exact) mass is 220 g/mol. The van der Waals surface area contributed by atoms with Crippen LogP contribution in [0.4, 0.5) is 5.69 Å². The average Bonchev–Trinajstić information content (AvgIpc) is 2.15. The summed E-state index contributed by atoms with van der Waals surface area (Å²) in [5, 5.41) is 1.59. The van der Waals surface area contributed by atoms with Crippen molar-refractivity contribution in [3.63, 3.8) is 0 Å². The van der Waals surface area contributed by atoms with Gasteiger partial charge in [0.15, 0.2) is 0 Å². The molecule has 0 radical (unpaired) electrons. The molecule has 16 heavy (non-hydrogen) atoms. The largest absolute Gasteiger partial charge is 0.310 e. The van der Waals surface area contributed by atoms with Gasteiger partial charge < -0.3 is 5.01 Å². The number of allylic oxidation sites excluding steroid dienone is 1. The van der Waals surface area contributed by atoms with Crippen LogP contribution < -0.4 is 10.9 Å². The van der Waals surface area contributed by atoms with Crippen LogP contribution in [0, 0.1) is 0 Å². The Morgan fingerprint density at radius 1 is 1.38 bits per heavy atom. The van der Waals surface area contributed by atoms with Crippen LogP contribution in [0.2, 0.25) is 0 Å². The summed E-state index contributed by atoms with van der Waals surface area (Å²) in [5.41, 5.74) is 3.95. The third-order valence-electron chi connectivity index (χ3n) is 2.20. The van der Waals surface area contributed by atoms with Gasteiger partial charge in [-0.1, -0.05) is 19.4 Å². The molecule has 0 aliphatic rings. The van der Waals surface area contributed by atoms with Crippen LogP contribution in [-0.2, 0) is 0 Å². The lowest BCUT2D eigenvalue weighted by Crippen LogP contribution is -2.28. The van der Waals surface area contributed by atoms with Gasteiger partial charge in [0.1, 0.15) is 6.33 Å². The van der Waals surface area contributed by atoms with Crippen LogP contribution in [0.1, 0.15) is 45.0 Å². The Bertz CT molecular complexity index is 390. The molecule has 0 amide bonds. The Labute approximate surface area is 97.2 Å². The zero-order chi connectivity index (χ0) is 12.3. The van der Waals surface area contributed by atoms with Gasteiger partial charge in [0.25, 0.3) is 0 Å². The lowest BCUT2D eigenvalue weighted by atomic mass is 10.1. The van der Waals surface area contributed by atoms with Crippen LogP contribution >= 0.6 is 0 Å². The third-order valence-corrected chi connectivity index (χ3v) is 2.20. The van der Waals surface area contributed by atoms with E-state index in [9.17, 15) is 0 Å². The topological polar surface area (TPSA) is 55.0 Å². The van der Waals surface area contributed by atoms with Gasteiger partial charge in [-0.25, -0.2) is 15.8 Å². The summed E-state index contributed by atoms with van der Waals surface area (Å²) in [4.78, 5) is 8.58. The highest BCUT2D eigenvalue weighted by molar-refractivity contribution is 5.67. The molecular formula is C12H20N4. The van der Waals surface area contributed by atoms with Crippen molar-refractivity contribution >= 4 is 11.8 Å². The van der Waals surface area contributed by atoms with Gasteiger partial charge in [-0.15, -0.1) is 0 Å². The minimum absolute atomic E-state index is 0.327. The molecule has 0 aliphatic carbocycles. The SMILES string of the molecule is CC(C)=Cc1ncnc(C(C)C)c1N(C)N. The van der Waals surface area contributed by atoms with E-state index in [1.165, 1.54) is 5.57 Å². The molecule has 1 heterocycles. The van der Waals surface area contributed by atoms with E-state index >= 15 is 0 Å². The molecule has 0 fully saturated rings. The maximum atomic E-state index is 5.85. The minimum atomic E-state index is 0.327. The van der Waals surface area contributed by atoms with E-state index in [0.717, 1.165) is 17.1 Å². The van der Waals surface area contributed by atoms with Crippen LogP contribution in [0.3, 0.4) is 0 Å². The molecular weight excluding hydrogens is 200 g/mol. The maximum absolute atomic E-state index is 5.85. The number of rotatable bonds is 3. The second-order valence-corrected chi connectivity index (χ2v) is 4.48. The van der Waals surface area contributed by atoms with Gasteiger partial charge >= 0.3 is 0 Å². The molecule has 4 heteroatoms. The van der Waals surface area contributed by atoms with Crippen molar-refractivity contribution in [2.75, 3.05) is 12.1 Å². The molecule has 1 rings (SSSR count). The number of hydrazine groups is 1. The summed E-state index contributed by atoms with van der Waals surface area (Å²) in [6, 6.07) is 0. The third kappa shape index (κ3) is 2.79. The Morgan fingerprint density at radius 3 is 2.44 bits per heavy atom. The molecule has 0 spiro atoms. The Balaban J connectivity index is 3.39. The summed E-state index contributed by atoms with van der Waals surface area (Å²) in [5.74, 6) is 6.18. The minimum Gasteiger partial charge on any atom is -0.310 e. The number of nitrogens with zero attached hydrogens (tertiary/aromatic N) is 3. The standard InChI is InChI=1S/C12H20N4/c1-8(2)6-10-12(16(5)13)11(9(3)4)15-7-14-10/h6-7,9H,13H2,1-5H3. The molecule has 0 bridgehead atoms. The zero-order valence-electron chi connectivity index (χ0n) is 10.7. The molecule has 0 atom stereocenters. The summed E-state index contributed by atoms with van der Waals surface area (Å²) >= 11 is 0. The molecule has 4 nitrogen and oxygen atoms in total. The first-order valence-electron chi connectivity index (χ1n) is 5.41. The van der Waals surface area contributed by atoms with Gasteiger partial charge in [0.05, 0.1) is 17.1 Å². The van der Waals surface area contributed by atoms with Crippen LogP contribution in [0.15, 0.2) is 11.9 Å². The predicted octanol–water partition coefficient (Wildman–Crippen LogP) is 2.33. The van der Waals surface area contributed by atoms with Crippen LogP contribution in [0.25, 0.3) is 6.08 Å². The Hall–Kier alpha value is -1.42. The van der Waals surface area contributed by atoms with Crippen molar-refractivity contribution in [1.82, 2.24) is 9.97 Å². The molecule has 1 aromatic heterocycles. The Kier molecular flexibility index (Phi) is 4.01. The van der Waals surface area contributed by atoms with Gasteiger partial charge in [-0.05, 0) is 25.8 Å². The number of nitrogens with two attached hydrogens (primary N) is 1. The fraction of sp³-hybridized carbons (Fsp3) is 0.500. The summed E-state index contributed by atoms with van der Waals surface area (Å²) in [7, 11) is 1.81. The molecule has 88 valence electrons. The van der Waals surface area contributed by atoms with Crippen molar-refractivity contribution in [3.8, 4) is 0 Å². The summed E-state index contributed by atoms with van der Waals surface area (Å²) in [6.45, 7) is 8.28. The van der Waals surface area contributed by atoms with Gasteiger partial charge in [0.2, 0.25) is 0 Å². The average molecular weight is 220 g/mol. The number of anilines is 1. The Morgan fingerprint density at radius 2 is 2.00 bits per heavy atom. The van der Waals surface area contributed by atoms with E-state index in [2.05, 4.69) is 23.8 Å². The van der Waals surface area contributed by atoms with Crippen LogP contribution in [0.5, 0.6) is 0 Å². The second-order valence-electron chi connectivity index (χ2n) is 4.48. The summed E-state index contributed by atoms with van der Waals surface area (Å²) < 4.78 is 0. The number of hydrogen-bond acceptors (Lipinski definition) is 4.